The lowest BCUT2D eigenvalue weighted by molar-refractivity contribution is 0.0893. The molecule has 1 atom stereocenters. The molecule has 2 N–H and O–H groups in total. The van der Waals surface area contributed by atoms with Gasteiger partial charge in [-0.05, 0) is 57.4 Å². The SMILES string of the molecule is Cc1cc(C)nc(CN(C)C(=O)NCCCN2CCCC[C@@H]2CO)c1. The number of aliphatic hydroxyl groups is 1. The Balaban J connectivity index is 1.70. The number of carbonyl (C=O) groups is 1. The summed E-state index contributed by atoms with van der Waals surface area (Å²) in [6.45, 7) is 7.38. The lowest BCUT2D eigenvalue weighted by Gasteiger charge is -2.34. The Hall–Kier alpha value is -1.66. The Morgan fingerprint density at radius 3 is 2.92 bits per heavy atom. The fourth-order valence-corrected chi connectivity index (χ4v) is 3.49. The van der Waals surface area contributed by atoms with Crippen molar-refractivity contribution >= 4 is 6.03 Å². The number of hydrogen-bond acceptors (Lipinski definition) is 4. The minimum atomic E-state index is -0.0710. The summed E-state index contributed by atoms with van der Waals surface area (Å²) in [5, 5.41) is 12.4. The molecule has 0 unspecified atom stereocenters. The maximum Gasteiger partial charge on any atom is 0.317 e. The van der Waals surface area contributed by atoms with Gasteiger partial charge in [-0.1, -0.05) is 6.42 Å². The van der Waals surface area contributed by atoms with Gasteiger partial charge in [0.05, 0.1) is 18.8 Å². The molecule has 140 valence electrons. The first-order valence-electron chi connectivity index (χ1n) is 9.27. The van der Waals surface area contributed by atoms with E-state index >= 15 is 0 Å². The van der Waals surface area contributed by atoms with Crippen LogP contribution in [-0.2, 0) is 6.54 Å². The van der Waals surface area contributed by atoms with Crippen LogP contribution in [0, 0.1) is 13.8 Å². The predicted octanol–water partition coefficient (Wildman–Crippen LogP) is 2.08. The van der Waals surface area contributed by atoms with Crippen LogP contribution in [-0.4, -0.2) is 65.3 Å². The second-order valence-corrected chi connectivity index (χ2v) is 7.09. The van der Waals surface area contributed by atoms with E-state index in [1.807, 2.05) is 26.0 Å². The Morgan fingerprint density at radius 1 is 1.40 bits per heavy atom. The molecule has 1 aliphatic rings. The zero-order valence-electron chi connectivity index (χ0n) is 15.8. The normalized spacial score (nSPS) is 18.2. The summed E-state index contributed by atoms with van der Waals surface area (Å²) in [5.74, 6) is 0. The van der Waals surface area contributed by atoms with Gasteiger partial charge in [-0.15, -0.1) is 0 Å². The molecule has 0 bridgehead atoms. The molecule has 0 aliphatic carbocycles. The number of piperidine rings is 1. The van der Waals surface area contributed by atoms with Crippen LogP contribution in [0.1, 0.15) is 42.6 Å². The van der Waals surface area contributed by atoms with Crippen LogP contribution >= 0.6 is 0 Å². The molecule has 2 amide bonds. The molecule has 6 heteroatoms. The topological polar surface area (TPSA) is 68.7 Å². The quantitative estimate of drug-likeness (QED) is 0.740. The Bertz CT molecular complexity index is 544. The van der Waals surface area contributed by atoms with Crippen LogP contribution in [0.15, 0.2) is 12.1 Å². The number of urea groups is 1. The lowest BCUT2D eigenvalue weighted by Crippen LogP contribution is -2.43. The molecular weight excluding hydrogens is 316 g/mol. The van der Waals surface area contributed by atoms with Gasteiger partial charge >= 0.3 is 6.03 Å². The molecule has 1 fully saturated rings. The Morgan fingerprint density at radius 2 is 2.20 bits per heavy atom. The number of amides is 2. The summed E-state index contributed by atoms with van der Waals surface area (Å²) in [6.07, 6.45) is 4.39. The number of carbonyl (C=O) groups excluding carboxylic acids is 1. The summed E-state index contributed by atoms with van der Waals surface area (Å²) < 4.78 is 0. The highest BCUT2D eigenvalue weighted by Crippen LogP contribution is 2.16. The van der Waals surface area contributed by atoms with E-state index < -0.39 is 0 Å². The number of hydrogen-bond donors (Lipinski definition) is 2. The highest BCUT2D eigenvalue weighted by Gasteiger charge is 2.20. The molecular formula is C19H32N4O2. The largest absolute Gasteiger partial charge is 0.395 e. The number of aryl methyl sites for hydroxylation is 2. The van der Waals surface area contributed by atoms with Crippen LogP contribution < -0.4 is 5.32 Å². The first-order valence-corrected chi connectivity index (χ1v) is 9.27. The van der Waals surface area contributed by atoms with Gasteiger partial charge < -0.3 is 15.3 Å². The van der Waals surface area contributed by atoms with E-state index in [9.17, 15) is 9.90 Å². The summed E-state index contributed by atoms with van der Waals surface area (Å²) in [7, 11) is 1.79. The van der Waals surface area contributed by atoms with Gasteiger partial charge in [-0.3, -0.25) is 9.88 Å². The molecule has 6 nitrogen and oxygen atoms in total. The number of aliphatic hydroxyl groups excluding tert-OH is 1. The molecule has 0 aromatic carbocycles. The first kappa shape index (κ1) is 19.7. The molecule has 2 heterocycles. The van der Waals surface area contributed by atoms with Crippen molar-refractivity contribution in [3.8, 4) is 0 Å². The predicted molar refractivity (Wildman–Crippen MR) is 99.5 cm³/mol. The lowest BCUT2D eigenvalue weighted by atomic mass is 10.0. The van der Waals surface area contributed by atoms with Crippen LogP contribution in [0.4, 0.5) is 4.79 Å². The van der Waals surface area contributed by atoms with Crippen molar-refractivity contribution in [2.24, 2.45) is 0 Å². The Kier molecular flexibility index (Phi) is 7.65. The van der Waals surface area contributed by atoms with E-state index in [1.54, 1.807) is 11.9 Å². The third kappa shape index (κ3) is 6.29. The molecule has 0 saturated carbocycles. The van der Waals surface area contributed by atoms with E-state index in [2.05, 4.69) is 15.2 Å². The maximum absolute atomic E-state index is 12.2. The van der Waals surface area contributed by atoms with Gasteiger partial charge in [0.25, 0.3) is 0 Å². The monoisotopic (exact) mass is 348 g/mol. The number of nitrogens with one attached hydrogen (secondary N) is 1. The average molecular weight is 348 g/mol. The number of rotatable bonds is 7. The molecule has 1 aromatic rings. The number of nitrogens with zero attached hydrogens (tertiary/aromatic N) is 3. The number of likely N-dealkylation sites (tertiary alicyclic amines) is 1. The first-order chi connectivity index (χ1) is 12.0. The second-order valence-electron chi connectivity index (χ2n) is 7.09. The third-order valence-electron chi connectivity index (χ3n) is 4.75. The molecule has 0 spiro atoms. The van der Waals surface area contributed by atoms with Crippen molar-refractivity contribution in [2.45, 2.75) is 52.1 Å². The fraction of sp³-hybridized carbons (Fsp3) is 0.684. The summed E-state index contributed by atoms with van der Waals surface area (Å²) in [5.41, 5.74) is 3.05. The van der Waals surface area contributed by atoms with Gasteiger partial charge in [-0.2, -0.15) is 0 Å². The third-order valence-corrected chi connectivity index (χ3v) is 4.75. The van der Waals surface area contributed by atoms with Crippen molar-refractivity contribution in [1.82, 2.24) is 20.1 Å². The van der Waals surface area contributed by atoms with Crippen LogP contribution in [0.25, 0.3) is 0 Å². The summed E-state index contributed by atoms with van der Waals surface area (Å²) >= 11 is 0. The average Bonchev–Trinajstić information content (AvgIpc) is 2.57. The van der Waals surface area contributed by atoms with Gasteiger partial charge in [-0.25, -0.2) is 4.79 Å². The van der Waals surface area contributed by atoms with Crippen LogP contribution in [0.3, 0.4) is 0 Å². The fourth-order valence-electron chi connectivity index (χ4n) is 3.49. The molecule has 1 aromatic heterocycles. The number of aromatic nitrogens is 1. The highest BCUT2D eigenvalue weighted by molar-refractivity contribution is 5.73. The minimum Gasteiger partial charge on any atom is -0.395 e. The van der Waals surface area contributed by atoms with Crippen molar-refractivity contribution in [3.63, 3.8) is 0 Å². The highest BCUT2D eigenvalue weighted by atomic mass is 16.3. The van der Waals surface area contributed by atoms with Crippen molar-refractivity contribution in [1.29, 1.82) is 0 Å². The molecule has 2 rings (SSSR count). The van der Waals surface area contributed by atoms with E-state index in [0.29, 0.717) is 19.1 Å². The molecule has 0 radical (unpaired) electrons. The summed E-state index contributed by atoms with van der Waals surface area (Å²) in [6, 6.07) is 4.27. The summed E-state index contributed by atoms with van der Waals surface area (Å²) in [4.78, 5) is 20.7. The van der Waals surface area contributed by atoms with Crippen LogP contribution in [0.5, 0.6) is 0 Å². The van der Waals surface area contributed by atoms with E-state index in [4.69, 9.17) is 0 Å². The van der Waals surface area contributed by atoms with Crippen molar-refractivity contribution < 1.29 is 9.90 Å². The molecule has 1 aliphatic heterocycles. The van der Waals surface area contributed by atoms with Gasteiger partial charge in [0, 0.05) is 31.9 Å². The van der Waals surface area contributed by atoms with Crippen molar-refractivity contribution in [3.05, 3.63) is 29.1 Å². The van der Waals surface area contributed by atoms with Crippen molar-refractivity contribution in [2.75, 3.05) is 33.3 Å². The number of pyridine rings is 1. The van der Waals surface area contributed by atoms with E-state index in [-0.39, 0.29) is 12.6 Å². The van der Waals surface area contributed by atoms with E-state index in [1.165, 1.54) is 12.8 Å². The smallest absolute Gasteiger partial charge is 0.317 e. The van der Waals surface area contributed by atoms with E-state index in [0.717, 1.165) is 42.9 Å². The van der Waals surface area contributed by atoms with Gasteiger partial charge in [0.2, 0.25) is 0 Å². The standard InChI is InChI=1S/C19H32N4O2/c1-15-11-16(2)21-17(12-15)13-22(3)19(25)20-8-6-10-23-9-5-4-7-18(23)14-24/h11-12,18,24H,4-10,13-14H2,1-3H3,(H,20,25)/t18-/m1/s1. The molecule has 25 heavy (non-hydrogen) atoms. The zero-order valence-corrected chi connectivity index (χ0v) is 15.8. The molecule has 1 saturated heterocycles. The maximum atomic E-state index is 12.2. The Labute approximate surface area is 151 Å². The zero-order chi connectivity index (χ0) is 18.2. The second kappa shape index (κ2) is 9.73. The van der Waals surface area contributed by atoms with Gasteiger partial charge in [0.15, 0.2) is 0 Å². The van der Waals surface area contributed by atoms with Crippen LogP contribution in [0.2, 0.25) is 0 Å². The minimum absolute atomic E-state index is 0.0710. The van der Waals surface area contributed by atoms with Gasteiger partial charge in [0.1, 0.15) is 0 Å².